The summed E-state index contributed by atoms with van der Waals surface area (Å²) in [6, 6.07) is 2.98. The van der Waals surface area contributed by atoms with Crippen LogP contribution in [-0.4, -0.2) is 11.8 Å². The maximum atomic E-state index is 3.59. The summed E-state index contributed by atoms with van der Waals surface area (Å²) < 4.78 is 0. The molecule has 1 aromatic rings. The van der Waals surface area contributed by atoms with Crippen molar-refractivity contribution < 1.29 is 0 Å². The zero-order valence-electron chi connectivity index (χ0n) is 8.26. The molecule has 1 N–H and O–H groups in total. The Hall–Kier alpha value is 0.01000. The summed E-state index contributed by atoms with van der Waals surface area (Å²) in [4.78, 5) is 2.89. The Morgan fingerprint density at radius 2 is 2.23 bits per heavy atom. The van der Waals surface area contributed by atoms with Crippen LogP contribution in [0.3, 0.4) is 0 Å². The molecule has 1 saturated heterocycles. The largest absolute Gasteiger partial charge is 0.298 e. The Kier molecular flexibility index (Phi) is 2.67. The summed E-state index contributed by atoms with van der Waals surface area (Å²) >= 11 is 3.93. The van der Waals surface area contributed by atoms with Crippen molar-refractivity contribution in [3.05, 3.63) is 21.4 Å². The molecule has 0 bridgehead atoms. The summed E-state index contributed by atoms with van der Waals surface area (Å²) in [6.07, 6.45) is 0. The van der Waals surface area contributed by atoms with Gasteiger partial charge in [-0.05, 0) is 32.4 Å². The molecular weight excluding hydrogens is 198 g/mol. The molecule has 1 aliphatic rings. The molecule has 0 radical (unpaired) electrons. The summed E-state index contributed by atoms with van der Waals surface area (Å²) in [7, 11) is 0. The minimum atomic E-state index is 0.542. The fraction of sp³-hybridized carbons (Fsp3) is 0.600. The van der Waals surface area contributed by atoms with E-state index >= 15 is 0 Å². The van der Waals surface area contributed by atoms with Gasteiger partial charge in [-0.2, -0.15) is 0 Å². The first-order valence-corrected chi connectivity index (χ1v) is 6.48. The van der Waals surface area contributed by atoms with Crippen LogP contribution in [-0.2, 0) is 0 Å². The van der Waals surface area contributed by atoms with Gasteiger partial charge in [-0.1, -0.05) is 0 Å². The Morgan fingerprint density at radius 3 is 2.69 bits per heavy atom. The lowest BCUT2D eigenvalue weighted by atomic mass is 10.2. The van der Waals surface area contributed by atoms with Crippen LogP contribution in [0.4, 0.5) is 0 Å². The van der Waals surface area contributed by atoms with Crippen molar-refractivity contribution in [1.82, 2.24) is 5.32 Å². The Morgan fingerprint density at radius 1 is 1.46 bits per heavy atom. The first-order valence-electron chi connectivity index (χ1n) is 4.61. The zero-order valence-corrected chi connectivity index (χ0v) is 9.89. The van der Waals surface area contributed by atoms with Gasteiger partial charge in [0.25, 0.3) is 0 Å². The molecule has 0 spiro atoms. The second-order valence-electron chi connectivity index (χ2n) is 3.65. The predicted molar refractivity (Wildman–Crippen MR) is 61.6 cm³/mol. The van der Waals surface area contributed by atoms with Crippen LogP contribution in [0.25, 0.3) is 0 Å². The topological polar surface area (TPSA) is 12.0 Å². The maximum Gasteiger partial charge on any atom is 0.0803 e. The number of hydrogen-bond acceptors (Lipinski definition) is 3. The van der Waals surface area contributed by atoms with E-state index < -0.39 is 0 Å². The van der Waals surface area contributed by atoms with E-state index in [9.17, 15) is 0 Å². The van der Waals surface area contributed by atoms with E-state index in [4.69, 9.17) is 0 Å². The van der Waals surface area contributed by atoms with Crippen LogP contribution in [0.15, 0.2) is 6.07 Å². The van der Waals surface area contributed by atoms with E-state index in [-0.39, 0.29) is 0 Å². The Balaban J connectivity index is 2.20. The van der Waals surface area contributed by atoms with Gasteiger partial charge in [0.15, 0.2) is 0 Å². The van der Waals surface area contributed by atoms with Gasteiger partial charge >= 0.3 is 0 Å². The van der Waals surface area contributed by atoms with Crippen LogP contribution < -0.4 is 5.32 Å². The highest BCUT2D eigenvalue weighted by Gasteiger charge is 2.24. The molecule has 3 heteroatoms. The third-order valence-electron chi connectivity index (χ3n) is 2.31. The maximum absolute atomic E-state index is 3.59. The van der Waals surface area contributed by atoms with Crippen LogP contribution >= 0.6 is 23.1 Å². The third-order valence-corrected chi connectivity index (χ3v) is 4.71. The number of rotatable bonds is 1. The summed E-state index contributed by atoms with van der Waals surface area (Å²) in [5, 5.41) is 4.14. The van der Waals surface area contributed by atoms with E-state index in [1.165, 1.54) is 21.1 Å². The molecule has 0 aromatic carbocycles. The highest BCUT2D eigenvalue weighted by atomic mass is 32.2. The summed E-state index contributed by atoms with van der Waals surface area (Å²) in [6.45, 7) is 6.66. The van der Waals surface area contributed by atoms with Crippen LogP contribution in [0.2, 0.25) is 0 Å². The predicted octanol–water partition coefficient (Wildman–Crippen LogP) is 3.09. The molecule has 0 saturated carbocycles. The molecule has 1 nitrogen and oxygen atoms in total. The molecule has 13 heavy (non-hydrogen) atoms. The van der Waals surface area contributed by atoms with E-state index in [2.05, 4.69) is 32.2 Å². The molecule has 0 amide bonds. The molecule has 1 fully saturated rings. The molecule has 1 aromatic heterocycles. The van der Waals surface area contributed by atoms with Gasteiger partial charge in [-0.15, -0.1) is 23.1 Å². The van der Waals surface area contributed by atoms with Gasteiger partial charge in [-0.3, -0.25) is 5.32 Å². The van der Waals surface area contributed by atoms with Crippen molar-refractivity contribution in [2.45, 2.75) is 32.2 Å². The number of thioether (sulfide) groups is 1. The molecule has 1 aliphatic heterocycles. The number of thiophene rings is 1. The van der Waals surface area contributed by atoms with E-state index in [0.717, 1.165) is 0 Å². The van der Waals surface area contributed by atoms with Crippen LogP contribution in [0, 0.1) is 13.8 Å². The SMILES string of the molecule is Cc1cc(C2NC(C)CS2)c(C)s1. The van der Waals surface area contributed by atoms with Gasteiger partial charge in [0.1, 0.15) is 0 Å². The number of hydrogen-bond donors (Lipinski definition) is 1. The summed E-state index contributed by atoms with van der Waals surface area (Å²) in [5.74, 6) is 1.24. The lowest BCUT2D eigenvalue weighted by Crippen LogP contribution is -2.21. The average Bonchev–Trinajstić information content (AvgIpc) is 2.58. The first-order chi connectivity index (χ1) is 6.16. The monoisotopic (exact) mass is 213 g/mol. The fourth-order valence-corrected chi connectivity index (χ4v) is 4.05. The minimum Gasteiger partial charge on any atom is -0.298 e. The van der Waals surface area contributed by atoms with Gasteiger partial charge in [0, 0.05) is 21.5 Å². The van der Waals surface area contributed by atoms with Crippen molar-refractivity contribution in [1.29, 1.82) is 0 Å². The number of aryl methyl sites for hydroxylation is 2. The second-order valence-corrected chi connectivity index (χ2v) is 6.25. The van der Waals surface area contributed by atoms with Gasteiger partial charge < -0.3 is 0 Å². The average molecular weight is 213 g/mol. The summed E-state index contributed by atoms with van der Waals surface area (Å²) in [5.41, 5.74) is 1.50. The molecule has 72 valence electrons. The fourth-order valence-electron chi connectivity index (χ4n) is 1.69. The van der Waals surface area contributed by atoms with Crippen molar-refractivity contribution in [3.63, 3.8) is 0 Å². The smallest absolute Gasteiger partial charge is 0.0803 e. The molecule has 0 aliphatic carbocycles. The van der Waals surface area contributed by atoms with Crippen molar-refractivity contribution >= 4 is 23.1 Å². The van der Waals surface area contributed by atoms with Gasteiger partial charge in [0.05, 0.1) is 5.37 Å². The quantitative estimate of drug-likeness (QED) is 0.769. The highest BCUT2D eigenvalue weighted by molar-refractivity contribution is 7.99. The third kappa shape index (κ3) is 1.92. The normalized spacial score (nSPS) is 28.2. The van der Waals surface area contributed by atoms with Crippen LogP contribution in [0.5, 0.6) is 0 Å². The molecule has 2 heterocycles. The zero-order chi connectivity index (χ0) is 9.42. The van der Waals surface area contributed by atoms with Gasteiger partial charge in [-0.25, -0.2) is 0 Å². The first kappa shape index (κ1) is 9.56. The van der Waals surface area contributed by atoms with E-state index in [1.807, 2.05) is 23.1 Å². The van der Waals surface area contributed by atoms with Gasteiger partial charge in [0.2, 0.25) is 0 Å². The Bertz CT molecular complexity index is 306. The molecular formula is C10H15NS2. The van der Waals surface area contributed by atoms with E-state index in [1.54, 1.807) is 0 Å². The molecule has 2 rings (SSSR count). The lowest BCUT2D eigenvalue weighted by molar-refractivity contribution is 0.618. The highest BCUT2D eigenvalue weighted by Crippen LogP contribution is 2.37. The van der Waals surface area contributed by atoms with Crippen LogP contribution in [0.1, 0.15) is 27.6 Å². The standard InChI is InChI=1S/C10H15NS2/c1-6-5-12-10(11-6)9-4-7(2)13-8(9)3/h4,6,10-11H,5H2,1-3H3. The molecule has 2 unspecified atom stereocenters. The minimum absolute atomic E-state index is 0.542. The second kappa shape index (κ2) is 3.64. The number of nitrogens with one attached hydrogen (secondary N) is 1. The lowest BCUT2D eigenvalue weighted by Gasteiger charge is -2.09. The molecule has 2 atom stereocenters. The van der Waals surface area contributed by atoms with Crippen molar-refractivity contribution in [3.8, 4) is 0 Å². The van der Waals surface area contributed by atoms with Crippen molar-refractivity contribution in [2.75, 3.05) is 5.75 Å². The van der Waals surface area contributed by atoms with E-state index in [0.29, 0.717) is 11.4 Å². The Labute approximate surface area is 87.9 Å². The van der Waals surface area contributed by atoms with Crippen molar-refractivity contribution in [2.24, 2.45) is 0 Å².